The highest BCUT2D eigenvalue weighted by molar-refractivity contribution is 7.16. The van der Waals surface area contributed by atoms with Crippen molar-refractivity contribution in [1.29, 1.82) is 0 Å². The fraction of sp³-hybridized carbons (Fsp3) is 0.308. The maximum absolute atomic E-state index is 12.0. The zero-order valence-corrected chi connectivity index (χ0v) is 12.1. The van der Waals surface area contributed by atoms with E-state index in [4.69, 9.17) is 5.11 Å². The zero-order valence-electron chi connectivity index (χ0n) is 11.3. The largest absolute Gasteiger partial charge is 0.480 e. The Kier molecular flexibility index (Phi) is 4.94. The number of nitrogens with zero attached hydrogens (tertiary/aromatic N) is 3. The van der Waals surface area contributed by atoms with Gasteiger partial charge in [0.05, 0.1) is 6.20 Å². The molecule has 1 atom stereocenters. The highest BCUT2D eigenvalue weighted by atomic mass is 32.1. The van der Waals surface area contributed by atoms with Crippen LogP contribution in [0, 0.1) is 0 Å². The monoisotopic (exact) mass is 306 g/mol. The van der Waals surface area contributed by atoms with Gasteiger partial charge in [0.25, 0.3) is 5.91 Å². The first-order valence-corrected chi connectivity index (χ1v) is 7.20. The number of aromatic nitrogens is 3. The molecule has 0 aliphatic carbocycles. The molecular weight excluding hydrogens is 292 g/mol. The smallest absolute Gasteiger partial charge is 0.326 e. The molecule has 0 fully saturated rings. The van der Waals surface area contributed by atoms with Crippen molar-refractivity contribution in [2.75, 3.05) is 0 Å². The number of carboxylic acid groups (broad SMARTS) is 1. The quantitative estimate of drug-likeness (QED) is 0.839. The fourth-order valence-electron chi connectivity index (χ4n) is 1.67. The molecule has 0 saturated heterocycles. The minimum atomic E-state index is -1.04. The van der Waals surface area contributed by atoms with Crippen LogP contribution >= 0.6 is 11.3 Å². The van der Waals surface area contributed by atoms with Gasteiger partial charge in [0, 0.05) is 12.4 Å². The second kappa shape index (κ2) is 6.89. The molecule has 1 amide bonds. The normalized spacial score (nSPS) is 11.9. The standard InChI is InChI=1S/C13H14N4O3S/c1-2-4-8(13(19)20)17-11(18)9-7-16-12(21-9)10-14-5-3-6-15-10/h3,5-8H,2,4H2,1H3,(H,17,18)(H,19,20). The molecule has 8 heteroatoms. The van der Waals surface area contributed by atoms with E-state index in [1.54, 1.807) is 18.5 Å². The van der Waals surface area contributed by atoms with Gasteiger partial charge in [-0.1, -0.05) is 13.3 Å². The fourth-order valence-corrected chi connectivity index (χ4v) is 2.43. The van der Waals surface area contributed by atoms with Crippen LogP contribution in [-0.4, -0.2) is 38.0 Å². The molecule has 0 aliphatic rings. The Balaban J connectivity index is 2.10. The average Bonchev–Trinajstić information content (AvgIpc) is 2.97. The SMILES string of the molecule is CCCC(NC(=O)c1cnc(-c2ncccn2)s1)C(=O)O. The van der Waals surface area contributed by atoms with E-state index in [2.05, 4.69) is 20.3 Å². The van der Waals surface area contributed by atoms with E-state index in [1.807, 2.05) is 6.92 Å². The van der Waals surface area contributed by atoms with E-state index in [0.29, 0.717) is 28.6 Å². The summed E-state index contributed by atoms with van der Waals surface area (Å²) in [6.07, 6.45) is 5.63. The first-order valence-electron chi connectivity index (χ1n) is 6.38. The highest BCUT2D eigenvalue weighted by Gasteiger charge is 2.21. The van der Waals surface area contributed by atoms with E-state index in [9.17, 15) is 9.59 Å². The van der Waals surface area contributed by atoms with Gasteiger partial charge >= 0.3 is 5.97 Å². The summed E-state index contributed by atoms with van der Waals surface area (Å²) in [5.74, 6) is -1.05. The predicted octanol–water partition coefficient (Wildman–Crippen LogP) is 1.58. The molecular formula is C13H14N4O3S. The second-order valence-corrected chi connectivity index (χ2v) is 5.29. The Morgan fingerprint density at radius 2 is 2.05 bits per heavy atom. The zero-order chi connectivity index (χ0) is 15.2. The van der Waals surface area contributed by atoms with E-state index >= 15 is 0 Å². The first-order chi connectivity index (χ1) is 10.1. The van der Waals surface area contributed by atoms with Gasteiger partial charge in [0.2, 0.25) is 0 Å². The Labute approximate surface area is 125 Å². The van der Waals surface area contributed by atoms with E-state index in [1.165, 1.54) is 6.20 Å². The molecule has 0 radical (unpaired) electrons. The third kappa shape index (κ3) is 3.82. The van der Waals surface area contributed by atoms with E-state index in [0.717, 1.165) is 11.3 Å². The molecule has 21 heavy (non-hydrogen) atoms. The lowest BCUT2D eigenvalue weighted by Crippen LogP contribution is -2.40. The molecule has 2 aromatic rings. The summed E-state index contributed by atoms with van der Waals surface area (Å²) in [4.78, 5) is 35.6. The van der Waals surface area contributed by atoms with Gasteiger partial charge in [0.15, 0.2) is 10.8 Å². The second-order valence-electron chi connectivity index (χ2n) is 4.26. The summed E-state index contributed by atoms with van der Waals surface area (Å²) in [7, 11) is 0. The number of carboxylic acids is 1. The highest BCUT2D eigenvalue weighted by Crippen LogP contribution is 2.21. The van der Waals surface area contributed by atoms with Crippen LogP contribution in [0.15, 0.2) is 24.7 Å². The summed E-state index contributed by atoms with van der Waals surface area (Å²) >= 11 is 1.12. The molecule has 1 unspecified atom stereocenters. The number of thiazole rings is 1. The maximum atomic E-state index is 12.0. The number of hydrogen-bond acceptors (Lipinski definition) is 6. The predicted molar refractivity (Wildman–Crippen MR) is 76.9 cm³/mol. The minimum Gasteiger partial charge on any atom is -0.480 e. The maximum Gasteiger partial charge on any atom is 0.326 e. The van der Waals surface area contributed by atoms with Gasteiger partial charge in [-0.2, -0.15) is 0 Å². The number of carbonyl (C=O) groups is 2. The van der Waals surface area contributed by atoms with Crippen LogP contribution < -0.4 is 5.32 Å². The van der Waals surface area contributed by atoms with Gasteiger partial charge in [-0.25, -0.2) is 19.7 Å². The summed E-state index contributed by atoms with van der Waals surface area (Å²) < 4.78 is 0. The number of carbonyl (C=O) groups excluding carboxylic acids is 1. The molecule has 0 aliphatic heterocycles. The lowest BCUT2D eigenvalue weighted by atomic mass is 10.1. The van der Waals surface area contributed by atoms with Crippen molar-refractivity contribution < 1.29 is 14.7 Å². The topological polar surface area (TPSA) is 105 Å². The van der Waals surface area contributed by atoms with Gasteiger partial charge in [-0.15, -0.1) is 11.3 Å². The van der Waals surface area contributed by atoms with Gasteiger partial charge in [0.1, 0.15) is 10.9 Å². The lowest BCUT2D eigenvalue weighted by Gasteiger charge is -2.12. The van der Waals surface area contributed by atoms with Crippen molar-refractivity contribution in [2.45, 2.75) is 25.8 Å². The number of aliphatic carboxylic acids is 1. The molecule has 0 bridgehead atoms. The van der Waals surface area contributed by atoms with Crippen LogP contribution in [0.5, 0.6) is 0 Å². The third-order valence-electron chi connectivity index (χ3n) is 2.67. The van der Waals surface area contributed by atoms with Crippen LogP contribution in [0.4, 0.5) is 0 Å². The van der Waals surface area contributed by atoms with Crippen molar-refractivity contribution in [1.82, 2.24) is 20.3 Å². The van der Waals surface area contributed by atoms with Crippen molar-refractivity contribution >= 4 is 23.2 Å². The van der Waals surface area contributed by atoms with Gasteiger partial charge < -0.3 is 10.4 Å². The number of hydrogen-bond donors (Lipinski definition) is 2. The Hall–Kier alpha value is -2.35. The van der Waals surface area contributed by atoms with Crippen LogP contribution in [0.2, 0.25) is 0 Å². The molecule has 2 N–H and O–H groups in total. The summed E-state index contributed by atoms with van der Waals surface area (Å²) in [6, 6.07) is 0.799. The summed E-state index contributed by atoms with van der Waals surface area (Å²) in [5.41, 5.74) is 0. The van der Waals surface area contributed by atoms with E-state index in [-0.39, 0.29) is 0 Å². The molecule has 2 heterocycles. The number of amides is 1. The first kappa shape index (κ1) is 15.0. The molecule has 2 rings (SSSR count). The molecule has 2 aromatic heterocycles. The molecule has 110 valence electrons. The molecule has 0 aromatic carbocycles. The van der Waals surface area contributed by atoms with Crippen LogP contribution in [0.1, 0.15) is 29.4 Å². The molecule has 0 saturated carbocycles. The molecule has 7 nitrogen and oxygen atoms in total. The average molecular weight is 306 g/mol. The van der Waals surface area contributed by atoms with Crippen LogP contribution in [0.3, 0.4) is 0 Å². The lowest BCUT2D eigenvalue weighted by molar-refractivity contribution is -0.139. The summed E-state index contributed by atoms with van der Waals surface area (Å²) in [6.45, 7) is 1.86. The Bertz CT molecular complexity index is 629. The minimum absolute atomic E-state index is 0.333. The Morgan fingerprint density at radius 1 is 1.33 bits per heavy atom. The van der Waals surface area contributed by atoms with Crippen LogP contribution in [0.25, 0.3) is 10.8 Å². The van der Waals surface area contributed by atoms with Crippen molar-refractivity contribution in [3.05, 3.63) is 29.5 Å². The van der Waals surface area contributed by atoms with Crippen molar-refractivity contribution in [2.24, 2.45) is 0 Å². The summed E-state index contributed by atoms with van der Waals surface area (Å²) in [5, 5.41) is 12.0. The van der Waals surface area contributed by atoms with Crippen molar-refractivity contribution in [3.63, 3.8) is 0 Å². The van der Waals surface area contributed by atoms with Crippen LogP contribution in [-0.2, 0) is 4.79 Å². The Morgan fingerprint density at radius 3 is 2.67 bits per heavy atom. The van der Waals surface area contributed by atoms with Crippen molar-refractivity contribution in [3.8, 4) is 10.8 Å². The molecule has 0 spiro atoms. The van der Waals surface area contributed by atoms with Gasteiger partial charge in [-0.3, -0.25) is 4.79 Å². The van der Waals surface area contributed by atoms with Gasteiger partial charge in [-0.05, 0) is 12.5 Å². The number of rotatable bonds is 6. The third-order valence-corrected chi connectivity index (χ3v) is 3.66. The number of nitrogens with one attached hydrogen (secondary N) is 1. The van der Waals surface area contributed by atoms with E-state index < -0.39 is 17.9 Å².